The number of hydrogen-bond donors (Lipinski definition) is 2. The predicted octanol–water partition coefficient (Wildman–Crippen LogP) is 3.68. The molecule has 0 aliphatic carbocycles. The average Bonchev–Trinajstić information content (AvgIpc) is 2.59. The minimum atomic E-state index is -4.80. The number of amides is 2. The van der Waals surface area contributed by atoms with Gasteiger partial charge < -0.3 is 24.8 Å². The number of halogens is 3. The Kier molecular flexibility index (Phi) is 5.06. The van der Waals surface area contributed by atoms with Crippen molar-refractivity contribution in [2.75, 3.05) is 18.5 Å². The Labute approximate surface area is 146 Å². The van der Waals surface area contributed by atoms with Crippen molar-refractivity contribution in [1.82, 2.24) is 5.32 Å². The van der Waals surface area contributed by atoms with Gasteiger partial charge in [0.05, 0.1) is 0 Å². The number of urea groups is 1. The van der Waals surface area contributed by atoms with Gasteiger partial charge >= 0.3 is 12.4 Å². The maximum atomic E-state index is 12.4. The van der Waals surface area contributed by atoms with Gasteiger partial charge in [-0.1, -0.05) is 18.2 Å². The summed E-state index contributed by atoms with van der Waals surface area (Å²) < 4.78 is 51.9. The Morgan fingerprint density at radius 2 is 1.81 bits per heavy atom. The van der Waals surface area contributed by atoms with E-state index in [1.54, 1.807) is 24.3 Å². The summed E-state index contributed by atoms with van der Waals surface area (Å²) in [5.41, 5.74) is 0.661. The number of fused-ring (bicyclic) bond motifs is 1. The molecule has 0 atom stereocenters. The highest BCUT2D eigenvalue weighted by molar-refractivity contribution is 5.89. The molecular formula is C17H15F3N2O4. The summed E-state index contributed by atoms with van der Waals surface area (Å²) in [6, 6.07) is 9.91. The quantitative estimate of drug-likeness (QED) is 0.864. The molecule has 0 bridgehead atoms. The molecule has 9 heteroatoms. The first kappa shape index (κ1) is 17.7. The summed E-state index contributed by atoms with van der Waals surface area (Å²) in [5, 5.41) is 5.07. The van der Waals surface area contributed by atoms with Crippen molar-refractivity contribution in [3.05, 3.63) is 48.0 Å². The fraction of sp³-hybridized carbons (Fsp3) is 0.235. The van der Waals surface area contributed by atoms with Gasteiger partial charge in [0.1, 0.15) is 19.0 Å². The van der Waals surface area contributed by atoms with Gasteiger partial charge in [-0.05, 0) is 18.2 Å². The molecule has 2 amide bonds. The fourth-order valence-corrected chi connectivity index (χ4v) is 2.35. The lowest BCUT2D eigenvalue weighted by Gasteiger charge is -2.19. The highest BCUT2D eigenvalue weighted by atomic mass is 19.4. The zero-order chi connectivity index (χ0) is 18.6. The average molecular weight is 368 g/mol. The van der Waals surface area contributed by atoms with Crippen LogP contribution in [0.25, 0.3) is 0 Å². The van der Waals surface area contributed by atoms with Crippen LogP contribution < -0.4 is 24.8 Å². The van der Waals surface area contributed by atoms with Crippen molar-refractivity contribution >= 4 is 11.7 Å². The molecule has 0 spiro atoms. The Bertz CT molecular complexity index is 796. The molecule has 0 radical (unpaired) electrons. The van der Waals surface area contributed by atoms with Crippen LogP contribution in [0.2, 0.25) is 0 Å². The molecule has 1 aliphatic heterocycles. The van der Waals surface area contributed by atoms with Crippen molar-refractivity contribution in [2.45, 2.75) is 12.9 Å². The van der Waals surface area contributed by atoms with Crippen LogP contribution in [0, 0.1) is 0 Å². The van der Waals surface area contributed by atoms with Crippen molar-refractivity contribution in [3.63, 3.8) is 0 Å². The number of carbonyl (C=O) groups excluding carboxylic acids is 1. The third-order valence-corrected chi connectivity index (χ3v) is 3.44. The minimum absolute atomic E-state index is 0.136. The van der Waals surface area contributed by atoms with Gasteiger partial charge in [-0.2, -0.15) is 0 Å². The van der Waals surface area contributed by atoms with Crippen LogP contribution in [0.15, 0.2) is 42.5 Å². The first-order chi connectivity index (χ1) is 12.4. The van der Waals surface area contributed by atoms with Crippen LogP contribution in [0.4, 0.5) is 23.7 Å². The molecule has 138 valence electrons. The highest BCUT2D eigenvalue weighted by Gasteiger charge is 2.32. The number of para-hydroxylation sites is 1. The molecule has 2 aromatic carbocycles. The van der Waals surface area contributed by atoms with E-state index >= 15 is 0 Å². The molecule has 2 N–H and O–H groups in total. The SMILES string of the molecule is O=C(NCc1ccccc1OC(F)(F)F)Nc1ccc2c(c1)OCCO2. The Morgan fingerprint density at radius 1 is 1.08 bits per heavy atom. The number of ether oxygens (including phenoxy) is 3. The molecule has 6 nitrogen and oxygen atoms in total. The largest absolute Gasteiger partial charge is 0.573 e. The van der Waals surface area contributed by atoms with E-state index in [4.69, 9.17) is 9.47 Å². The van der Waals surface area contributed by atoms with E-state index in [2.05, 4.69) is 15.4 Å². The molecule has 3 rings (SSSR count). The zero-order valence-electron chi connectivity index (χ0n) is 13.4. The van der Waals surface area contributed by atoms with E-state index in [0.717, 1.165) is 0 Å². The molecule has 1 aliphatic rings. The van der Waals surface area contributed by atoms with Gasteiger partial charge in [0, 0.05) is 23.9 Å². The molecule has 2 aromatic rings. The fourth-order valence-electron chi connectivity index (χ4n) is 2.35. The van der Waals surface area contributed by atoms with Crippen LogP contribution in [0.3, 0.4) is 0 Å². The molecule has 0 saturated carbocycles. The Hall–Kier alpha value is -3.10. The van der Waals surface area contributed by atoms with E-state index in [1.165, 1.54) is 18.2 Å². The Balaban J connectivity index is 1.60. The lowest BCUT2D eigenvalue weighted by atomic mass is 10.2. The normalized spacial score (nSPS) is 13.0. The van der Waals surface area contributed by atoms with Crippen molar-refractivity contribution < 1.29 is 32.2 Å². The number of benzene rings is 2. The van der Waals surface area contributed by atoms with Gasteiger partial charge in [-0.25, -0.2) is 4.79 Å². The van der Waals surface area contributed by atoms with Gasteiger partial charge in [0.15, 0.2) is 11.5 Å². The third kappa shape index (κ3) is 4.71. The molecule has 1 heterocycles. The lowest BCUT2D eigenvalue weighted by Crippen LogP contribution is -2.29. The molecule has 26 heavy (non-hydrogen) atoms. The van der Waals surface area contributed by atoms with Crippen LogP contribution in [0.1, 0.15) is 5.56 Å². The summed E-state index contributed by atoms with van der Waals surface area (Å²) in [6.45, 7) is 0.737. The second-order valence-corrected chi connectivity index (χ2v) is 5.32. The summed E-state index contributed by atoms with van der Waals surface area (Å²) >= 11 is 0. The smallest absolute Gasteiger partial charge is 0.486 e. The van der Waals surface area contributed by atoms with E-state index in [1.807, 2.05) is 0 Å². The number of nitrogens with one attached hydrogen (secondary N) is 2. The summed E-state index contributed by atoms with van der Waals surface area (Å²) in [6.07, 6.45) is -4.80. The number of carbonyl (C=O) groups is 1. The van der Waals surface area contributed by atoms with Gasteiger partial charge in [0.2, 0.25) is 0 Å². The summed E-state index contributed by atoms with van der Waals surface area (Å²) in [4.78, 5) is 12.0. The molecule has 0 saturated heterocycles. The molecule has 0 unspecified atom stereocenters. The second-order valence-electron chi connectivity index (χ2n) is 5.32. The Morgan fingerprint density at radius 3 is 2.58 bits per heavy atom. The van der Waals surface area contributed by atoms with E-state index < -0.39 is 12.4 Å². The van der Waals surface area contributed by atoms with Crippen LogP contribution in [-0.4, -0.2) is 25.6 Å². The van der Waals surface area contributed by atoms with Gasteiger partial charge in [-0.3, -0.25) is 0 Å². The first-order valence-corrected chi connectivity index (χ1v) is 7.69. The lowest BCUT2D eigenvalue weighted by molar-refractivity contribution is -0.274. The van der Waals surface area contributed by atoms with Crippen LogP contribution in [-0.2, 0) is 6.54 Å². The minimum Gasteiger partial charge on any atom is -0.486 e. The van der Waals surface area contributed by atoms with Crippen molar-refractivity contribution in [2.24, 2.45) is 0 Å². The van der Waals surface area contributed by atoms with Crippen molar-refractivity contribution in [1.29, 1.82) is 0 Å². The number of alkyl halides is 3. The number of anilines is 1. The predicted molar refractivity (Wildman–Crippen MR) is 86.4 cm³/mol. The maximum Gasteiger partial charge on any atom is 0.573 e. The summed E-state index contributed by atoms with van der Waals surface area (Å²) in [5.74, 6) is 0.734. The molecule has 0 aromatic heterocycles. The van der Waals surface area contributed by atoms with Crippen LogP contribution in [0.5, 0.6) is 17.2 Å². The van der Waals surface area contributed by atoms with E-state index in [-0.39, 0.29) is 17.9 Å². The monoisotopic (exact) mass is 368 g/mol. The number of hydrogen-bond acceptors (Lipinski definition) is 4. The standard InChI is InChI=1S/C17H15F3N2O4/c18-17(19,20)26-13-4-2-1-3-11(13)10-21-16(23)22-12-5-6-14-15(9-12)25-8-7-24-14/h1-6,9H,7-8,10H2,(H2,21,22,23). The van der Waals surface area contributed by atoms with E-state index in [0.29, 0.717) is 30.4 Å². The number of rotatable bonds is 4. The molecular weight excluding hydrogens is 353 g/mol. The highest BCUT2D eigenvalue weighted by Crippen LogP contribution is 2.32. The maximum absolute atomic E-state index is 12.4. The van der Waals surface area contributed by atoms with Gasteiger partial charge in [-0.15, -0.1) is 13.2 Å². The van der Waals surface area contributed by atoms with Gasteiger partial charge in [0.25, 0.3) is 0 Å². The molecule has 0 fully saturated rings. The zero-order valence-corrected chi connectivity index (χ0v) is 13.4. The summed E-state index contributed by atoms with van der Waals surface area (Å²) in [7, 11) is 0. The first-order valence-electron chi connectivity index (χ1n) is 7.69. The van der Waals surface area contributed by atoms with E-state index in [9.17, 15) is 18.0 Å². The van der Waals surface area contributed by atoms with Crippen LogP contribution >= 0.6 is 0 Å². The topological polar surface area (TPSA) is 68.8 Å². The van der Waals surface area contributed by atoms with Crippen molar-refractivity contribution in [3.8, 4) is 17.2 Å². The second kappa shape index (κ2) is 7.42. The third-order valence-electron chi connectivity index (χ3n) is 3.44.